The maximum atomic E-state index is 11.7. The monoisotopic (exact) mass is 205 g/mol. The molecule has 0 aromatic heterocycles. The van der Waals surface area contributed by atoms with Crippen molar-refractivity contribution in [3.05, 3.63) is 36.4 Å². The summed E-state index contributed by atoms with van der Waals surface area (Å²) < 4.78 is 0. The highest BCUT2D eigenvalue weighted by Crippen LogP contribution is 2.15. The molecule has 1 amide bonds. The first-order valence-corrected chi connectivity index (χ1v) is 4.63. The molecule has 15 heavy (non-hydrogen) atoms. The summed E-state index contributed by atoms with van der Waals surface area (Å²) in [5.41, 5.74) is 12.5. The van der Waals surface area contributed by atoms with Gasteiger partial charge in [-0.1, -0.05) is 6.08 Å². The van der Waals surface area contributed by atoms with Gasteiger partial charge in [-0.2, -0.15) is 0 Å². The molecule has 0 aliphatic rings. The zero-order chi connectivity index (χ0) is 11.4. The van der Waals surface area contributed by atoms with Crippen LogP contribution in [-0.2, 0) is 0 Å². The number of amides is 1. The van der Waals surface area contributed by atoms with Gasteiger partial charge in [-0.25, -0.2) is 0 Å². The third-order valence-electron chi connectivity index (χ3n) is 2.03. The minimum atomic E-state index is -0.222. The normalized spacial score (nSPS) is 11.8. The van der Waals surface area contributed by atoms with E-state index in [2.05, 4.69) is 11.9 Å². The van der Waals surface area contributed by atoms with Crippen molar-refractivity contribution < 1.29 is 4.79 Å². The highest BCUT2D eigenvalue weighted by Gasteiger charge is 2.10. The zero-order valence-corrected chi connectivity index (χ0v) is 8.66. The van der Waals surface area contributed by atoms with E-state index in [1.807, 2.05) is 6.92 Å². The second-order valence-corrected chi connectivity index (χ2v) is 3.34. The van der Waals surface area contributed by atoms with Gasteiger partial charge in [0.1, 0.15) is 0 Å². The molecular formula is C11H15N3O. The summed E-state index contributed by atoms with van der Waals surface area (Å²) in [5.74, 6) is -0.222. The van der Waals surface area contributed by atoms with Crippen LogP contribution in [0.1, 0.15) is 17.3 Å². The van der Waals surface area contributed by atoms with Crippen molar-refractivity contribution in [3.8, 4) is 0 Å². The van der Waals surface area contributed by atoms with E-state index in [9.17, 15) is 4.79 Å². The fourth-order valence-electron chi connectivity index (χ4n) is 1.13. The summed E-state index contributed by atoms with van der Waals surface area (Å²) in [7, 11) is 0. The number of anilines is 2. The maximum absolute atomic E-state index is 11.7. The molecule has 0 saturated carbocycles. The fraction of sp³-hybridized carbons (Fsp3) is 0.182. The zero-order valence-electron chi connectivity index (χ0n) is 8.66. The average molecular weight is 205 g/mol. The van der Waals surface area contributed by atoms with Crippen LogP contribution >= 0.6 is 0 Å². The van der Waals surface area contributed by atoms with Crippen molar-refractivity contribution >= 4 is 17.3 Å². The van der Waals surface area contributed by atoms with E-state index >= 15 is 0 Å². The van der Waals surface area contributed by atoms with Crippen LogP contribution in [-0.4, -0.2) is 11.9 Å². The Morgan fingerprint density at radius 2 is 2.20 bits per heavy atom. The fourth-order valence-corrected chi connectivity index (χ4v) is 1.13. The molecule has 1 unspecified atom stereocenters. The number of nitrogen functional groups attached to an aromatic ring is 2. The number of carbonyl (C=O) groups excluding carboxylic acids is 1. The first kappa shape index (κ1) is 11.1. The predicted octanol–water partition coefficient (Wildman–Crippen LogP) is 1.16. The topological polar surface area (TPSA) is 81.1 Å². The number of hydrogen-bond donors (Lipinski definition) is 3. The van der Waals surface area contributed by atoms with Gasteiger partial charge in [-0.3, -0.25) is 4.79 Å². The van der Waals surface area contributed by atoms with Gasteiger partial charge in [0.25, 0.3) is 5.91 Å². The van der Waals surface area contributed by atoms with Gasteiger partial charge in [0.2, 0.25) is 0 Å². The Balaban J connectivity index is 2.87. The van der Waals surface area contributed by atoms with E-state index in [1.165, 1.54) is 0 Å². The second kappa shape index (κ2) is 4.50. The van der Waals surface area contributed by atoms with Crippen LogP contribution in [0.4, 0.5) is 11.4 Å². The van der Waals surface area contributed by atoms with E-state index in [0.717, 1.165) is 0 Å². The number of carbonyl (C=O) groups is 1. The van der Waals surface area contributed by atoms with Crippen LogP contribution in [0.3, 0.4) is 0 Å². The Bertz CT molecular complexity index is 387. The maximum Gasteiger partial charge on any atom is 0.253 e. The lowest BCUT2D eigenvalue weighted by molar-refractivity contribution is 0.0948. The van der Waals surface area contributed by atoms with E-state index < -0.39 is 0 Å². The molecule has 0 bridgehead atoms. The van der Waals surface area contributed by atoms with Gasteiger partial charge < -0.3 is 16.8 Å². The molecule has 80 valence electrons. The summed E-state index contributed by atoms with van der Waals surface area (Å²) in [6, 6.07) is 4.72. The molecule has 0 fully saturated rings. The third kappa shape index (κ3) is 2.74. The van der Waals surface area contributed by atoms with Crippen molar-refractivity contribution in [2.24, 2.45) is 0 Å². The van der Waals surface area contributed by atoms with Crippen molar-refractivity contribution in [3.63, 3.8) is 0 Å². The Kier molecular flexibility index (Phi) is 3.33. The number of hydrogen-bond acceptors (Lipinski definition) is 3. The Morgan fingerprint density at radius 3 is 2.73 bits per heavy atom. The lowest BCUT2D eigenvalue weighted by Gasteiger charge is -2.11. The smallest absolute Gasteiger partial charge is 0.253 e. The molecule has 0 aliphatic carbocycles. The molecule has 0 aliphatic heterocycles. The minimum Gasteiger partial charge on any atom is -0.399 e. The van der Waals surface area contributed by atoms with Crippen LogP contribution in [0.5, 0.6) is 0 Å². The summed E-state index contributed by atoms with van der Waals surface area (Å²) in [6.07, 6.45) is 1.64. The van der Waals surface area contributed by atoms with Crippen LogP contribution in [0, 0.1) is 0 Å². The molecule has 4 nitrogen and oxygen atoms in total. The van der Waals surface area contributed by atoms with Crippen LogP contribution in [0.15, 0.2) is 30.9 Å². The molecule has 4 heteroatoms. The number of nitrogens with one attached hydrogen (secondary N) is 1. The Hall–Kier alpha value is -1.97. The summed E-state index contributed by atoms with van der Waals surface area (Å²) in [6.45, 7) is 5.41. The van der Waals surface area contributed by atoms with Crippen molar-refractivity contribution in [1.29, 1.82) is 0 Å². The first-order chi connectivity index (χ1) is 7.04. The lowest BCUT2D eigenvalue weighted by atomic mass is 10.1. The van der Waals surface area contributed by atoms with Crippen molar-refractivity contribution in [1.82, 2.24) is 5.32 Å². The molecule has 0 spiro atoms. The first-order valence-electron chi connectivity index (χ1n) is 4.63. The molecular weight excluding hydrogens is 190 g/mol. The van der Waals surface area contributed by atoms with Gasteiger partial charge in [-0.05, 0) is 25.1 Å². The Labute approximate surface area is 89.0 Å². The molecule has 0 saturated heterocycles. The van der Waals surface area contributed by atoms with Crippen LogP contribution < -0.4 is 16.8 Å². The predicted molar refractivity (Wildman–Crippen MR) is 62.4 cm³/mol. The largest absolute Gasteiger partial charge is 0.399 e. The number of nitrogens with two attached hydrogens (primary N) is 2. The quantitative estimate of drug-likeness (QED) is 0.511. The van der Waals surface area contributed by atoms with E-state index in [1.54, 1.807) is 24.3 Å². The molecule has 1 atom stereocenters. The van der Waals surface area contributed by atoms with Crippen molar-refractivity contribution in [2.75, 3.05) is 11.5 Å². The molecule has 0 radical (unpaired) electrons. The molecule has 1 aromatic carbocycles. The summed E-state index contributed by atoms with van der Waals surface area (Å²) in [4.78, 5) is 11.7. The van der Waals surface area contributed by atoms with Gasteiger partial charge in [-0.15, -0.1) is 6.58 Å². The van der Waals surface area contributed by atoms with Gasteiger partial charge in [0.15, 0.2) is 0 Å². The van der Waals surface area contributed by atoms with Crippen LogP contribution in [0.2, 0.25) is 0 Å². The van der Waals surface area contributed by atoms with E-state index in [-0.39, 0.29) is 11.9 Å². The number of rotatable bonds is 3. The Morgan fingerprint density at radius 1 is 1.53 bits per heavy atom. The van der Waals surface area contributed by atoms with Gasteiger partial charge in [0.05, 0.1) is 5.56 Å². The molecule has 5 N–H and O–H groups in total. The number of benzene rings is 1. The van der Waals surface area contributed by atoms with Gasteiger partial charge in [0, 0.05) is 17.4 Å². The molecule has 0 heterocycles. The highest BCUT2D eigenvalue weighted by molar-refractivity contribution is 5.99. The molecule has 1 rings (SSSR count). The average Bonchev–Trinajstić information content (AvgIpc) is 2.17. The van der Waals surface area contributed by atoms with E-state index in [4.69, 9.17) is 11.5 Å². The summed E-state index contributed by atoms with van der Waals surface area (Å²) in [5, 5.41) is 2.73. The SMILES string of the molecule is C=CC(C)NC(=O)c1ccc(N)cc1N. The van der Waals surface area contributed by atoms with E-state index in [0.29, 0.717) is 16.9 Å². The third-order valence-corrected chi connectivity index (χ3v) is 2.03. The standard InChI is InChI=1S/C11H15N3O/c1-3-7(2)14-11(15)9-5-4-8(12)6-10(9)13/h3-7H,1,12-13H2,2H3,(H,14,15). The van der Waals surface area contributed by atoms with Crippen LogP contribution in [0.25, 0.3) is 0 Å². The highest BCUT2D eigenvalue weighted by atomic mass is 16.1. The van der Waals surface area contributed by atoms with Crippen molar-refractivity contribution in [2.45, 2.75) is 13.0 Å². The minimum absolute atomic E-state index is 0.0885. The molecule has 1 aromatic rings. The van der Waals surface area contributed by atoms with Gasteiger partial charge >= 0.3 is 0 Å². The lowest BCUT2D eigenvalue weighted by Crippen LogP contribution is -2.31. The second-order valence-electron chi connectivity index (χ2n) is 3.34. The summed E-state index contributed by atoms with van der Waals surface area (Å²) >= 11 is 0.